The van der Waals surface area contributed by atoms with Crippen LogP contribution in [0.2, 0.25) is 0 Å². The lowest BCUT2D eigenvalue weighted by Gasteiger charge is -2.22. The number of hydrogen-bond acceptors (Lipinski definition) is 3. The predicted octanol–water partition coefficient (Wildman–Crippen LogP) is 2.20. The Bertz CT molecular complexity index is 277. The van der Waals surface area contributed by atoms with Crippen molar-refractivity contribution in [1.82, 2.24) is 4.90 Å². The Morgan fingerprint density at radius 3 is 2.62 bits per heavy atom. The van der Waals surface area contributed by atoms with Gasteiger partial charge in [0.25, 0.3) is 0 Å². The Balaban J connectivity index is 2.13. The van der Waals surface area contributed by atoms with Crippen LogP contribution in [0.1, 0.15) is 12.5 Å². The Labute approximate surface area is 103 Å². The van der Waals surface area contributed by atoms with Crippen LogP contribution in [0.3, 0.4) is 0 Å². The third kappa shape index (κ3) is 5.01. The Hall–Kier alpha value is -0.510. The van der Waals surface area contributed by atoms with Crippen LogP contribution < -0.4 is 5.73 Å². The van der Waals surface area contributed by atoms with Crippen LogP contribution >= 0.6 is 11.8 Å². The lowest BCUT2D eigenvalue weighted by molar-refractivity contribution is 0.279. The standard InChI is InChI=1S/C13H22N2S/c1-12(10-14)15(2)8-9-16-11-13-6-4-3-5-7-13/h3-7,12H,8-11,14H2,1-2H3. The molecule has 1 unspecified atom stereocenters. The molecule has 0 radical (unpaired) electrons. The second-order valence-corrected chi connectivity index (χ2v) is 5.21. The van der Waals surface area contributed by atoms with E-state index >= 15 is 0 Å². The fourth-order valence-corrected chi connectivity index (χ4v) is 2.36. The van der Waals surface area contributed by atoms with Gasteiger partial charge in [-0.3, -0.25) is 0 Å². The average molecular weight is 238 g/mol. The second-order valence-electron chi connectivity index (χ2n) is 4.10. The van der Waals surface area contributed by atoms with Crippen LogP contribution in [0.4, 0.5) is 0 Å². The lowest BCUT2D eigenvalue weighted by Crippen LogP contribution is -2.36. The first-order valence-electron chi connectivity index (χ1n) is 5.76. The predicted molar refractivity (Wildman–Crippen MR) is 73.8 cm³/mol. The summed E-state index contributed by atoms with van der Waals surface area (Å²) < 4.78 is 0. The minimum absolute atomic E-state index is 0.484. The van der Waals surface area contributed by atoms with Crippen molar-refractivity contribution < 1.29 is 0 Å². The Morgan fingerprint density at radius 1 is 1.31 bits per heavy atom. The molecule has 0 spiro atoms. The normalized spacial score (nSPS) is 13.0. The van der Waals surface area contributed by atoms with Gasteiger partial charge in [0.2, 0.25) is 0 Å². The fraction of sp³-hybridized carbons (Fsp3) is 0.538. The summed E-state index contributed by atoms with van der Waals surface area (Å²) in [6, 6.07) is 11.1. The van der Waals surface area contributed by atoms with Crippen molar-refractivity contribution >= 4 is 11.8 Å². The molecule has 2 nitrogen and oxygen atoms in total. The zero-order valence-corrected chi connectivity index (χ0v) is 11.0. The van der Waals surface area contributed by atoms with E-state index in [0.717, 1.165) is 24.6 Å². The minimum atomic E-state index is 0.484. The number of thioether (sulfide) groups is 1. The fourth-order valence-electron chi connectivity index (χ4n) is 1.37. The van der Waals surface area contributed by atoms with Gasteiger partial charge in [0, 0.05) is 30.6 Å². The largest absolute Gasteiger partial charge is 0.329 e. The van der Waals surface area contributed by atoms with Crippen LogP contribution in [0.5, 0.6) is 0 Å². The van der Waals surface area contributed by atoms with Crippen molar-refractivity contribution in [2.75, 3.05) is 25.9 Å². The van der Waals surface area contributed by atoms with Crippen molar-refractivity contribution in [3.63, 3.8) is 0 Å². The molecule has 0 aliphatic carbocycles. The molecule has 0 saturated heterocycles. The zero-order chi connectivity index (χ0) is 11.8. The van der Waals surface area contributed by atoms with Crippen LogP contribution in [0.15, 0.2) is 30.3 Å². The average Bonchev–Trinajstić information content (AvgIpc) is 2.34. The van der Waals surface area contributed by atoms with Crippen molar-refractivity contribution in [3.8, 4) is 0 Å². The van der Waals surface area contributed by atoms with Gasteiger partial charge < -0.3 is 10.6 Å². The Morgan fingerprint density at radius 2 is 2.00 bits per heavy atom. The van der Waals surface area contributed by atoms with Gasteiger partial charge >= 0.3 is 0 Å². The topological polar surface area (TPSA) is 29.3 Å². The second kappa shape index (κ2) is 7.71. The summed E-state index contributed by atoms with van der Waals surface area (Å²) in [4.78, 5) is 2.32. The summed E-state index contributed by atoms with van der Waals surface area (Å²) in [7, 11) is 2.14. The molecule has 0 aliphatic rings. The maximum absolute atomic E-state index is 5.62. The molecule has 1 rings (SSSR count). The molecular weight excluding hydrogens is 216 g/mol. The van der Waals surface area contributed by atoms with E-state index in [1.165, 1.54) is 5.56 Å². The number of likely N-dealkylation sites (N-methyl/N-ethyl adjacent to an activating group) is 1. The zero-order valence-electron chi connectivity index (χ0n) is 10.2. The molecule has 0 bridgehead atoms. The maximum atomic E-state index is 5.62. The first-order valence-corrected chi connectivity index (χ1v) is 6.91. The molecule has 0 heterocycles. The van der Waals surface area contributed by atoms with E-state index in [4.69, 9.17) is 5.73 Å². The highest BCUT2D eigenvalue weighted by atomic mass is 32.2. The van der Waals surface area contributed by atoms with Gasteiger partial charge in [-0.05, 0) is 19.5 Å². The number of benzene rings is 1. The lowest BCUT2D eigenvalue weighted by atomic mass is 10.2. The van der Waals surface area contributed by atoms with Crippen LogP contribution in [0.25, 0.3) is 0 Å². The van der Waals surface area contributed by atoms with Crippen LogP contribution in [-0.4, -0.2) is 36.8 Å². The monoisotopic (exact) mass is 238 g/mol. The van der Waals surface area contributed by atoms with Crippen molar-refractivity contribution in [2.24, 2.45) is 5.73 Å². The van der Waals surface area contributed by atoms with Gasteiger partial charge in [0.15, 0.2) is 0 Å². The molecule has 2 N–H and O–H groups in total. The molecule has 1 aromatic rings. The molecule has 16 heavy (non-hydrogen) atoms. The van der Waals surface area contributed by atoms with Crippen molar-refractivity contribution in [1.29, 1.82) is 0 Å². The van der Waals surface area contributed by atoms with E-state index in [-0.39, 0.29) is 0 Å². The molecule has 0 aromatic heterocycles. The third-order valence-corrected chi connectivity index (χ3v) is 3.80. The van der Waals surface area contributed by atoms with Crippen LogP contribution in [0, 0.1) is 0 Å². The smallest absolute Gasteiger partial charge is 0.0187 e. The third-order valence-electron chi connectivity index (χ3n) is 2.79. The molecule has 90 valence electrons. The van der Waals surface area contributed by atoms with E-state index in [9.17, 15) is 0 Å². The molecular formula is C13H22N2S. The highest BCUT2D eigenvalue weighted by Gasteiger charge is 2.05. The molecule has 3 heteroatoms. The Kier molecular flexibility index (Phi) is 6.53. The van der Waals surface area contributed by atoms with Gasteiger partial charge in [0.1, 0.15) is 0 Å². The quantitative estimate of drug-likeness (QED) is 0.738. The van der Waals surface area contributed by atoms with E-state index in [1.54, 1.807) is 0 Å². The molecule has 0 aliphatic heterocycles. The molecule has 0 amide bonds. The van der Waals surface area contributed by atoms with Gasteiger partial charge in [-0.15, -0.1) is 0 Å². The number of nitrogens with two attached hydrogens (primary N) is 1. The van der Waals surface area contributed by atoms with Crippen LogP contribution in [-0.2, 0) is 5.75 Å². The van der Waals surface area contributed by atoms with E-state index in [0.29, 0.717) is 6.04 Å². The summed E-state index contributed by atoms with van der Waals surface area (Å²) in [5.41, 5.74) is 7.02. The summed E-state index contributed by atoms with van der Waals surface area (Å²) in [5, 5.41) is 0. The summed E-state index contributed by atoms with van der Waals surface area (Å²) in [6.45, 7) is 4.01. The highest BCUT2D eigenvalue weighted by molar-refractivity contribution is 7.98. The molecule has 0 fully saturated rings. The number of rotatable bonds is 7. The van der Waals surface area contributed by atoms with E-state index < -0.39 is 0 Å². The van der Waals surface area contributed by atoms with Gasteiger partial charge in [-0.1, -0.05) is 30.3 Å². The van der Waals surface area contributed by atoms with Gasteiger partial charge in [-0.25, -0.2) is 0 Å². The molecule has 1 aromatic carbocycles. The van der Waals surface area contributed by atoms with Crippen molar-refractivity contribution in [3.05, 3.63) is 35.9 Å². The highest BCUT2D eigenvalue weighted by Crippen LogP contribution is 2.11. The molecule has 1 atom stereocenters. The minimum Gasteiger partial charge on any atom is -0.329 e. The van der Waals surface area contributed by atoms with Crippen molar-refractivity contribution in [2.45, 2.75) is 18.7 Å². The summed E-state index contributed by atoms with van der Waals surface area (Å²) in [5.74, 6) is 2.27. The summed E-state index contributed by atoms with van der Waals surface area (Å²) >= 11 is 1.98. The number of hydrogen-bond donors (Lipinski definition) is 1. The first kappa shape index (κ1) is 13.6. The van der Waals surface area contributed by atoms with Gasteiger partial charge in [0.05, 0.1) is 0 Å². The number of nitrogens with zero attached hydrogens (tertiary/aromatic N) is 1. The maximum Gasteiger partial charge on any atom is 0.0187 e. The van der Waals surface area contributed by atoms with E-state index in [1.807, 2.05) is 11.8 Å². The van der Waals surface area contributed by atoms with E-state index in [2.05, 4.69) is 49.2 Å². The molecule has 0 saturated carbocycles. The summed E-state index contributed by atoms with van der Waals surface area (Å²) in [6.07, 6.45) is 0. The first-order chi connectivity index (χ1) is 7.74. The SMILES string of the molecule is CC(CN)N(C)CCSCc1ccccc1. The van der Waals surface area contributed by atoms with Gasteiger partial charge in [-0.2, -0.15) is 11.8 Å².